The molecule has 2 rings (SSSR count). The number of nitrogens with two attached hydrogens (primary N) is 1. The van der Waals surface area contributed by atoms with Gasteiger partial charge in [-0.25, -0.2) is 0 Å². The molecule has 0 amide bonds. The molecule has 3 N–H and O–H groups in total. The van der Waals surface area contributed by atoms with Gasteiger partial charge in [-0.15, -0.1) is 0 Å². The molecule has 2 nitrogen and oxygen atoms in total. The number of hydrogen-bond acceptors (Lipinski definition) is 2. The topological polar surface area (TPSA) is 46.2 Å². The third-order valence-corrected chi connectivity index (χ3v) is 2.62. The maximum atomic E-state index is 9.94. The molecule has 78 valence electrons. The Morgan fingerprint density at radius 1 is 1.07 bits per heavy atom. The summed E-state index contributed by atoms with van der Waals surface area (Å²) in [6, 6.07) is 14.1. The van der Waals surface area contributed by atoms with E-state index in [1.165, 1.54) is 0 Å². The number of benzene rings is 2. The van der Waals surface area contributed by atoms with E-state index in [0.717, 1.165) is 16.3 Å². The fourth-order valence-electron chi connectivity index (χ4n) is 1.85. The molecule has 0 aromatic heterocycles. The van der Waals surface area contributed by atoms with E-state index in [2.05, 4.69) is 0 Å². The minimum absolute atomic E-state index is 0.457. The van der Waals surface area contributed by atoms with E-state index in [1.807, 2.05) is 42.5 Å². The zero-order chi connectivity index (χ0) is 10.7. The summed E-state index contributed by atoms with van der Waals surface area (Å²) in [5.41, 5.74) is 6.42. The third kappa shape index (κ3) is 2.01. The smallest absolute Gasteiger partial charge is 0.0808 e. The van der Waals surface area contributed by atoms with Crippen LogP contribution < -0.4 is 5.73 Å². The zero-order valence-electron chi connectivity index (χ0n) is 8.56. The highest BCUT2D eigenvalue weighted by Gasteiger charge is 2.09. The molecule has 0 aliphatic carbocycles. The molecular formula is C13H15NO. The largest absolute Gasteiger partial charge is 0.388 e. The lowest BCUT2D eigenvalue weighted by molar-refractivity contribution is 0.172. The predicted octanol–water partition coefficient (Wildman–Crippen LogP) is 2.22. The molecular weight excluding hydrogens is 186 g/mol. The maximum absolute atomic E-state index is 9.94. The van der Waals surface area contributed by atoms with Crippen molar-refractivity contribution in [3.8, 4) is 0 Å². The minimum Gasteiger partial charge on any atom is -0.388 e. The Hall–Kier alpha value is -1.38. The average molecular weight is 201 g/mol. The van der Waals surface area contributed by atoms with Gasteiger partial charge in [-0.1, -0.05) is 42.5 Å². The summed E-state index contributed by atoms with van der Waals surface area (Å²) in [6.07, 6.45) is 0.148. The monoisotopic (exact) mass is 201 g/mol. The highest BCUT2D eigenvalue weighted by Crippen LogP contribution is 2.25. The number of fused-ring (bicyclic) bond motifs is 1. The Morgan fingerprint density at radius 2 is 1.80 bits per heavy atom. The third-order valence-electron chi connectivity index (χ3n) is 2.62. The molecule has 0 heterocycles. The number of aliphatic hydroxyl groups excluding tert-OH is 1. The summed E-state index contributed by atoms with van der Waals surface area (Å²) in [5.74, 6) is 0. The van der Waals surface area contributed by atoms with Crippen LogP contribution in [0.1, 0.15) is 18.1 Å². The predicted molar refractivity (Wildman–Crippen MR) is 62.6 cm³/mol. The van der Waals surface area contributed by atoms with Crippen LogP contribution in [0.5, 0.6) is 0 Å². The second-order valence-corrected chi connectivity index (χ2v) is 3.66. The molecule has 0 unspecified atom stereocenters. The van der Waals surface area contributed by atoms with Gasteiger partial charge in [0.15, 0.2) is 0 Å². The van der Waals surface area contributed by atoms with Crippen LogP contribution in [-0.4, -0.2) is 11.7 Å². The minimum atomic E-state index is -0.457. The zero-order valence-corrected chi connectivity index (χ0v) is 8.56. The van der Waals surface area contributed by atoms with Crippen LogP contribution in [-0.2, 0) is 0 Å². The number of aliphatic hydroxyl groups is 1. The Balaban J connectivity index is 2.50. The van der Waals surface area contributed by atoms with Crippen LogP contribution in [0.4, 0.5) is 0 Å². The normalized spacial score (nSPS) is 12.9. The molecule has 0 aliphatic rings. The summed E-state index contributed by atoms with van der Waals surface area (Å²) in [6.45, 7) is 0.504. The van der Waals surface area contributed by atoms with E-state index in [1.54, 1.807) is 0 Å². The van der Waals surface area contributed by atoms with Crippen LogP contribution >= 0.6 is 0 Å². The van der Waals surface area contributed by atoms with E-state index < -0.39 is 6.10 Å². The summed E-state index contributed by atoms with van der Waals surface area (Å²) < 4.78 is 0. The lowest BCUT2D eigenvalue weighted by Crippen LogP contribution is -2.06. The lowest BCUT2D eigenvalue weighted by Gasteiger charge is -2.12. The van der Waals surface area contributed by atoms with Crippen molar-refractivity contribution in [2.24, 2.45) is 5.73 Å². The highest BCUT2D eigenvalue weighted by atomic mass is 16.3. The molecule has 0 radical (unpaired) electrons. The van der Waals surface area contributed by atoms with Gasteiger partial charge in [0, 0.05) is 0 Å². The fourth-order valence-corrected chi connectivity index (χ4v) is 1.85. The molecule has 15 heavy (non-hydrogen) atoms. The van der Waals surface area contributed by atoms with Crippen molar-refractivity contribution in [2.75, 3.05) is 6.54 Å². The second kappa shape index (κ2) is 4.43. The van der Waals surface area contributed by atoms with Gasteiger partial charge in [-0.05, 0) is 29.3 Å². The van der Waals surface area contributed by atoms with Crippen molar-refractivity contribution in [3.05, 3.63) is 48.0 Å². The molecule has 0 saturated carbocycles. The Bertz CT molecular complexity index is 448. The van der Waals surface area contributed by atoms with Gasteiger partial charge in [0.1, 0.15) is 0 Å². The molecule has 0 fully saturated rings. The summed E-state index contributed by atoms with van der Waals surface area (Å²) in [7, 11) is 0. The summed E-state index contributed by atoms with van der Waals surface area (Å²) in [4.78, 5) is 0. The molecule has 0 bridgehead atoms. The van der Waals surface area contributed by atoms with Gasteiger partial charge < -0.3 is 10.8 Å². The quantitative estimate of drug-likeness (QED) is 0.799. The van der Waals surface area contributed by atoms with Gasteiger partial charge in [0.2, 0.25) is 0 Å². The number of hydrogen-bond donors (Lipinski definition) is 2. The highest BCUT2D eigenvalue weighted by molar-refractivity contribution is 5.85. The Kier molecular flexibility index (Phi) is 2.99. The van der Waals surface area contributed by atoms with Crippen molar-refractivity contribution in [3.63, 3.8) is 0 Å². The van der Waals surface area contributed by atoms with E-state index in [0.29, 0.717) is 13.0 Å². The molecule has 0 spiro atoms. The molecule has 2 aromatic carbocycles. The fraction of sp³-hybridized carbons (Fsp3) is 0.231. The lowest BCUT2D eigenvalue weighted by atomic mass is 9.99. The molecule has 0 aliphatic heterocycles. The average Bonchev–Trinajstić information content (AvgIpc) is 2.28. The summed E-state index contributed by atoms with van der Waals surface area (Å²) in [5, 5.41) is 12.2. The van der Waals surface area contributed by atoms with Crippen molar-refractivity contribution in [1.82, 2.24) is 0 Å². The van der Waals surface area contributed by atoms with Crippen molar-refractivity contribution in [2.45, 2.75) is 12.5 Å². The van der Waals surface area contributed by atoms with E-state index in [4.69, 9.17) is 5.73 Å². The molecule has 0 saturated heterocycles. The first-order chi connectivity index (χ1) is 7.33. The van der Waals surface area contributed by atoms with Gasteiger partial charge in [-0.2, -0.15) is 0 Å². The van der Waals surface area contributed by atoms with E-state index >= 15 is 0 Å². The first-order valence-corrected chi connectivity index (χ1v) is 5.18. The molecule has 2 heteroatoms. The van der Waals surface area contributed by atoms with Crippen LogP contribution in [0.3, 0.4) is 0 Å². The van der Waals surface area contributed by atoms with Crippen LogP contribution in [0.15, 0.2) is 42.5 Å². The second-order valence-electron chi connectivity index (χ2n) is 3.66. The number of rotatable bonds is 3. The van der Waals surface area contributed by atoms with Crippen molar-refractivity contribution < 1.29 is 5.11 Å². The van der Waals surface area contributed by atoms with Gasteiger partial charge in [0.05, 0.1) is 6.10 Å². The van der Waals surface area contributed by atoms with Gasteiger partial charge in [-0.3, -0.25) is 0 Å². The first-order valence-electron chi connectivity index (χ1n) is 5.18. The van der Waals surface area contributed by atoms with E-state index in [-0.39, 0.29) is 0 Å². The van der Waals surface area contributed by atoms with Crippen LogP contribution in [0, 0.1) is 0 Å². The Morgan fingerprint density at radius 3 is 2.60 bits per heavy atom. The van der Waals surface area contributed by atoms with Gasteiger partial charge >= 0.3 is 0 Å². The first kappa shape index (κ1) is 10.1. The molecule has 1 atom stereocenters. The maximum Gasteiger partial charge on any atom is 0.0808 e. The standard InChI is InChI=1S/C13H15NO/c14-9-8-13(15)12-7-3-5-10-4-1-2-6-11(10)12/h1-7,13,15H,8-9,14H2/t13-/m0/s1. The summed E-state index contributed by atoms with van der Waals surface area (Å²) >= 11 is 0. The SMILES string of the molecule is NCC[C@H](O)c1cccc2ccccc12. The Labute approximate surface area is 89.3 Å². The molecule has 2 aromatic rings. The van der Waals surface area contributed by atoms with E-state index in [9.17, 15) is 5.11 Å². The van der Waals surface area contributed by atoms with Gasteiger partial charge in [0.25, 0.3) is 0 Å². The van der Waals surface area contributed by atoms with Crippen LogP contribution in [0.2, 0.25) is 0 Å². The van der Waals surface area contributed by atoms with Crippen molar-refractivity contribution >= 4 is 10.8 Å². The van der Waals surface area contributed by atoms with Crippen molar-refractivity contribution in [1.29, 1.82) is 0 Å². The van der Waals surface area contributed by atoms with Crippen LogP contribution in [0.25, 0.3) is 10.8 Å².